The number of rotatable bonds is 2. The van der Waals surface area contributed by atoms with Crippen LogP contribution in [0.25, 0.3) is 0 Å². The summed E-state index contributed by atoms with van der Waals surface area (Å²) < 4.78 is 18.3. The van der Waals surface area contributed by atoms with E-state index in [0.29, 0.717) is 0 Å². The zero-order valence-corrected chi connectivity index (χ0v) is 10.4. The Kier molecular flexibility index (Phi) is 3.05. The number of hydrogen-bond acceptors (Lipinski definition) is 3. The molecular weight excluding hydrogens is 219 g/mol. The molecule has 92 valence electrons. The van der Waals surface area contributed by atoms with Gasteiger partial charge in [0.2, 0.25) is 0 Å². The van der Waals surface area contributed by atoms with E-state index in [1.807, 2.05) is 0 Å². The summed E-state index contributed by atoms with van der Waals surface area (Å²) >= 11 is 0. The summed E-state index contributed by atoms with van der Waals surface area (Å²) in [6, 6.07) is 4.84. The molecule has 0 spiro atoms. The van der Waals surface area contributed by atoms with Gasteiger partial charge in [0.25, 0.3) is 0 Å². The van der Waals surface area contributed by atoms with E-state index in [1.165, 1.54) is 13.2 Å². The number of methoxy groups -OCH3 is 1. The maximum atomic E-state index is 13.3. The molecule has 2 rings (SSSR count). The zero-order chi connectivity index (χ0) is 12.5. The van der Waals surface area contributed by atoms with E-state index in [0.717, 1.165) is 24.2 Å². The van der Waals surface area contributed by atoms with Crippen LogP contribution in [0.5, 0.6) is 5.75 Å². The first-order chi connectivity index (χ1) is 8.02. The number of nitrogens with one attached hydrogen (secondary N) is 1. The zero-order valence-electron chi connectivity index (χ0n) is 10.4. The predicted molar refractivity (Wildman–Crippen MR) is 65.9 cm³/mol. The van der Waals surface area contributed by atoms with Gasteiger partial charge < -0.3 is 10.2 Å². The van der Waals surface area contributed by atoms with Crippen LogP contribution in [0.15, 0.2) is 23.3 Å². The highest BCUT2D eigenvalue weighted by Gasteiger charge is 2.25. The number of benzene rings is 1. The first-order valence-electron chi connectivity index (χ1n) is 5.65. The lowest BCUT2D eigenvalue weighted by atomic mass is 9.84. The van der Waals surface area contributed by atoms with E-state index in [4.69, 9.17) is 4.74 Å². The van der Waals surface area contributed by atoms with Crippen LogP contribution in [0.1, 0.15) is 25.8 Å². The van der Waals surface area contributed by atoms with Crippen molar-refractivity contribution in [3.63, 3.8) is 0 Å². The van der Waals surface area contributed by atoms with Crippen molar-refractivity contribution in [2.45, 2.75) is 20.3 Å². The van der Waals surface area contributed by atoms with Crippen LogP contribution in [0.2, 0.25) is 0 Å². The van der Waals surface area contributed by atoms with Crippen molar-refractivity contribution in [1.29, 1.82) is 0 Å². The SMILES string of the molecule is COc1cc(C2=NNCC(C)(C)C2)ccc1F. The van der Waals surface area contributed by atoms with Crippen LogP contribution in [-0.2, 0) is 0 Å². The predicted octanol–water partition coefficient (Wildman–Crippen LogP) is 2.56. The molecule has 1 aromatic carbocycles. The minimum absolute atomic E-state index is 0.165. The Labute approximate surface area is 101 Å². The van der Waals surface area contributed by atoms with E-state index >= 15 is 0 Å². The van der Waals surface area contributed by atoms with Gasteiger partial charge in [0.05, 0.1) is 12.8 Å². The van der Waals surface area contributed by atoms with Crippen molar-refractivity contribution in [2.75, 3.05) is 13.7 Å². The van der Waals surface area contributed by atoms with Gasteiger partial charge in [-0.1, -0.05) is 13.8 Å². The minimum Gasteiger partial charge on any atom is -0.494 e. The standard InChI is InChI=1S/C13H17FN2O/c1-13(2)7-11(16-15-8-13)9-4-5-10(14)12(6-9)17-3/h4-6,15H,7-8H2,1-3H3. The number of hydrogen-bond donors (Lipinski definition) is 1. The molecule has 1 aliphatic rings. The molecule has 0 aromatic heterocycles. The molecule has 0 unspecified atom stereocenters. The maximum Gasteiger partial charge on any atom is 0.165 e. The summed E-state index contributed by atoms with van der Waals surface area (Å²) in [5.41, 5.74) is 5.04. The highest BCUT2D eigenvalue weighted by molar-refractivity contribution is 6.01. The molecule has 1 aromatic rings. The normalized spacial score (nSPS) is 18.2. The fraction of sp³-hybridized carbons (Fsp3) is 0.462. The van der Waals surface area contributed by atoms with E-state index in [2.05, 4.69) is 24.4 Å². The van der Waals surface area contributed by atoms with Gasteiger partial charge in [-0.25, -0.2) is 4.39 Å². The highest BCUT2D eigenvalue weighted by atomic mass is 19.1. The van der Waals surface area contributed by atoms with Crippen LogP contribution in [0, 0.1) is 11.2 Å². The summed E-state index contributed by atoms with van der Waals surface area (Å²) in [5.74, 6) is -0.0894. The van der Waals surface area contributed by atoms with Crippen molar-refractivity contribution in [2.24, 2.45) is 10.5 Å². The lowest BCUT2D eigenvalue weighted by Crippen LogP contribution is -2.34. The molecule has 0 radical (unpaired) electrons. The topological polar surface area (TPSA) is 33.6 Å². The quantitative estimate of drug-likeness (QED) is 0.856. The Morgan fingerprint density at radius 3 is 2.82 bits per heavy atom. The minimum atomic E-state index is -0.347. The molecule has 0 fully saturated rings. The Bertz CT molecular complexity index is 455. The van der Waals surface area contributed by atoms with Crippen molar-refractivity contribution in [3.8, 4) is 5.75 Å². The van der Waals surface area contributed by atoms with Gasteiger partial charge in [-0.15, -0.1) is 0 Å². The summed E-state index contributed by atoms with van der Waals surface area (Å²) in [4.78, 5) is 0. The van der Waals surface area contributed by atoms with E-state index in [1.54, 1.807) is 12.1 Å². The third-order valence-electron chi connectivity index (χ3n) is 2.90. The second-order valence-corrected chi connectivity index (χ2v) is 5.08. The van der Waals surface area contributed by atoms with Gasteiger partial charge in [-0.05, 0) is 30.0 Å². The summed E-state index contributed by atoms with van der Waals surface area (Å²) in [6.45, 7) is 5.21. The molecule has 0 saturated heterocycles. The Morgan fingerprint density at radius 1 is 1.41 bits per heavy atom. The maximum absolute atomic E-state index is 13.3. The number of hydrazone groups is 1. The summed E-state index contributed by atoms with van der Waals surface area (Å²) in [6.07, 6.45) is 0.870. The fourth-order valence-electron chi connectivity index (χ4n) is 1.91. The second-order valence-electron chi connectivity index (χ2n) is 5.08. The molecule has 4 heteroatoms. The smallest absolute Gasteiger partial charge is 0.165 e. The van der Waals surface area contributed by atoms with Gasteiger partial charge in [0.1, 0.15) is 0 Å². The van der Waals surface area contributed by atoms with Crippen molar-refractivity contribution in [1.82, 2.24) is 5.43 Å². The summed E-state index contributed by atoms with van der Waals surface area (Å²) in [7, 11) is 1.47. The van der Waals surface area contributed by atoms with E-state index < -0.39 is 0 Å². The van der Waals surface area contributed by atoms with Crippen LogP contribution >= 0.6 is 0 Å². The molecule has 3 nitrogen and oxygen atoms in total. The third-order valence-corrected chi connectivity index (χ3v) is 2.90. The Hall–Kier alpha value is -1.58. The molecule has 1 N–H and O–H groups in total. The van der Waals surface area contributed by atoms with Crippen LogP contribution in [0.3, 0.4) is 0 Å². The molecule has 1 heterocycles. The van der Waals surface area contributed by atoms with Gasteiger partial charge >= 0.3 is 0 Å². The molecule has 0 amide bonds. The van der Waals surface area contributed by atoms with Gasteiger partial charge in [0, 0.05) is 12.1 Å². The van der Waals surface area contributed by atoms with Crippen LogP contribution < -0.4 is 10.2 Å². The molecule has 0 bridgehead atoms. The van der Waals surface area contributed by atoms with E-state index in [9.17, 15) is 4.39 Å². The van der Waals surface area contributed by atoms with Crippen molar-refractivity contribution >= 4 is 5.71 Å². The molecule has 1 aliphatic heterocycles. The molecule has 0 saturated carbocycles. The van der Waals surface area contributed by atoms with Crippen molar-refractivity contribution < 1.29 is 9.13 Å². The Morgan fingerprint density at radius 2 is 2.18 bits per heavy atom. The van der Waals surface area contributed by atoms with E-state index in [-0.39, 0.29) is 17.0 Å². The first-order valence-corrected chi connectivity index (χ1v) is 5.65. The lowest BCUT2D eigenvalue weighted by molar-refractivity contribution is 0.342. The first kappa shape index (κ1) is 11.9. The van der Waals surface area contributed by atoms with Crippen LogP contribution in [-0.4, -0.2) is 19.4 Å². The largest absolute Gasteiger partial charge is 0.494 e. The number of ether oxygens (including phenoxy) is 1. The third kappa shape index (κ3) is 2.57. The van der Waals surface area contributed by atoms with Gasteiger partial charge in [-0.3, -0.25) is 0 Å². The molecular formula is C13H17FN2O. The van der Waals surface area contributed by atoms with Crippen molar-refractivity contribution in [3.05, 3.63) is 29.6 Å². The van der Waals surface area contributed by atoms with Gasteiger partial charge in [-0.2, -0.15) is 5.10 Å². The highest BCUT2D eigenvalue weighted by Crippen LogP contribution is 2.27. The molecule has 0 atom stereocenters. The van der Waals surface area contributed by atoms with Gasteiger partial charge in [0.15, 0.2) is 11.6 Å². The monoisotopic (exact) mass is 236 g/mol. The number of halogens is 1. The van der Waals surface area contributed by atoms with Crippen LogP contribution in [0.4, 0.5) is 4.39 Å². The summed E-state index contributed by atoms with van der Waals surface area (Å²) in [5, 5.41) is 4.29. The Balaban J connectivity index is 2.31. The average Bonchev–Trinajstić information content (AvgIpc) is 2.28. The lowest BCUT2D eigenvalue weighted by Gasteiger charge is -2.29. The fourth-order valence-corrected chi connectivity index (χ4v) is 1.91. The average molecular weight is 236 g/mol. The second kappa shape index (κ2) is 4.35. The number of nitrogens with zero attached hydrogens (tertiary/aromatic N) is 1. The molecule has 17 heavy (non-hydrogen) atoms. The molecule has 0 aliphatic carbocycles.